The lowest BCUT2D eigenvalue weighted by molar-refractivity contribution is -0.118. The Hall–Kier alpha value is -3.02. The lowest BCUT2D eigenvalue weighted by Crippen LogP contribution is -2.24. The number of hydrogen-bond donors (Lipinski definition) is 1. The second-order valence-electron chi connectivity index (χ2n) is 8.03. The number of para-hydroxylation sites is 1. The molecule has 5 nitrogen and oxygen atoms in total. The molecule has 30 heavy (non-hydrogen) atoms. The van der Waals surface area contributed by atoms with Crippen molar-refractivity contribution in [2.75, 3.05) is 29.9 Å². The lowest BCUT2D eigenvalue weighted by Gasteiger charge is -2.22. The highest BCUT2D eigenvalue weighted by atomic mass is 19.1. The average Bonchev–Trinajstić information content (AvgIpc) is 3.41. The molecule has 0 unspecified atom stereocenters. The molecule has 1 aliphatic heterocycles. The summed E-state index contributed by atoms with van der Waals surface area (Å²) in [5.41, 5.74) is 3.08. The first-order chi connectivity index (χ1) is 14.7. The van der Waals surface area contributed by atoms with Gasteiger partial charge in [-0.15, -0.1) is 0 Å². The van der Waals surface area contributed by atoms with E-state index in [0.29, 0.717) is 5.75 Å². The highest BCUT2D eigenvalue weighted by Crippen LogP contribution is 2.34. The Balaban J connectivity index is 1.29. The second-order valence-corrected chi connectivity index (χ2v) is 8.03. The molecule has 2 heterocycles. The maximum atomic E-state index is 14.4. The summed E-state index contributed by atoms with van der Waals surface area (Å²) >= 11 is 0. The Morgan fingerprint density at radius 3 is 2.80 bits per heavy atom. The fourth-order valence-electron chi connectivity index (χ4n) is 4.51. The molecule has 0 atom stereocenters. The van der Waals surface area contributed by atoms with Crippen molar-refractivity contribution in [2.45, 2.75) is 38.5 Å². The van der Waals surface area contributed by atoms with Gasteiger partial charge in [-0.2, -0.15) is 0 Å². The van der Waals surface area contributed by atoms with Gasteiger partial charge in [0.25, 0.3) is 5.91 Å². The van der Waals surface area contributed by atoms with Crippen molar-refractivity contribution in [2.24, 2.45) is 0 Å². The normalized spacial score (nSPS) is 16.0. The van der Waals surface area contributed by atoms with Gasteiger partial charge in [0.15, 0.2) is 6.61 Å². The van der Waals surface area contributed by atoms with Crippen molar-refractivity contribution >= 4 is 28.3 Å². The predicted molar refractivity (Wildman–Crippen MR) is 115 cm³/mol. The molecule has 0 spiro atoms. The van der Waals surface area contributed by atoms with Crippen LogP contribution in [0.25, 0.3) is 11.0 Å². The third-order valence-electron chi connectivity index (χ3n) is 6.00. The van der Waals surface area contributed by atoms with Crippen molar-refractivity contribution in [3.63, 3.8) is 0 Å². The van der Waals surface area contributed by atoms with E-state index >= 15 is 0 Å². The average molecular weight is 408 g/mol. The van der Waals surface area contributed by atoms with Crippen LogP contribution in [0.1, 0.15) is 37.0 Å². The van der Waals surface area contributed by atoms with Gasteiger partial charge >= 0.3 is 0 Å². The number of carbonyl (C=O) groups excluding carboxylic acids is 1. The monoisotopic (exact) mass is 408 g/mol. The number of amides is 1. The minimum atomic E-state index is -0.431. The number of halogens is 1. The molecule has 3 aromatic rings. The number of fused-ring (bicyclic) bond motifs is 3. The summed E-state index contributed by atoms with van der Waals surface area (Å²) in [6.45, 7) is 1.56. The van der Waals surface area contributed by atoms with Crippen LogP contribution in [0.15, 0.2) is 40.8 Å². The summed E-state index contributed by atoms with van der Waals surface area (Å²) < 4.78 is 26.1. The molecule has 156 valence electrons. The summed E-state index contributed by atoms with van der Waals surface area (Å²) in [6.07, 6.45) is 6.47. The number of carbonyl (C=O) groups is 1. The van der Waals surface area contributed by atoms with Crippen molar-refractivity contribution < 1.29 is 18.3 Å². The number of nitrogens with zero attached hydrogens (tertiary/aromatic N) is 1. The molecule has 1 aromatic heterocycles. The van der Waals surface area contributed by atoms with Gasteiger partial charge in [0.05, 0.1) is 5.69 Å². The van der Waals surface area contributed by atoms with Crippen LogP contribution in [0.2, 0.25) is 0 Å². The number of furan rings is 1. The van der Waals surface area contributed by atoms with Crippen LogP contribution < -0.4 is 15.0 Å². The zero-order chi connectivity index (χ0) is 20.5. The van der Waals surface area contributed by atoms with E-state index in [2.05, 4.69) is 10.2 Å². The van der Waals surface area contributed by atoms with E-state index in [1.807, 2.05) is 24.3 Å². The van der Waals surface area contributed by atoms with Gasteiger partial charge in [-0.25, -0.2) is 4.39 Å². The van der Waals surface area contributed by atoms with Crippen LogP contribution in [0.4, 0.5) is 15.8 Å². The molecule has 6 heteroatoms. The molecule has 2 aromatic carbocycles. The van der Waals surface area contributed by atoms with Crippen LogP contribution in [0.3, 0.4) is 0 Å². The SMILES string of the molecule is O=C(COc1ccc2oc3c(c2c1)CCCC3)Nc1c(F)cccc1N1CCCC1. The maximum Gasteiger partial charge on any atom is 0.262 e. The fourth-order valence-corrected chi connectivity index (χ4v) is 4.51. The number of anilines is 2. The van der Waals surface area contributed by atoms with Crippen LogP contribution in [-0.4, -0.2) is 25.6 Å². The van der Waals surface area contributed by atoms with Gasteiger partial charge in [0.2, 0.25) is 0 Å². The quantitative estimate of drug-likeness (QED) is 0.641. The van der Waals surface area contributed by atoms with Gasteiger partial charge in [-0.05, 0) is 62.4 Å². The van der Waals surface area contributed by atoms with E-state index in [-0.39, 0.29) is 18.2 Å². The molecule has 0 saturated carbocycles. The highest BCUT2D eigenvalue weighted by Gasteiger charge is 2.21. The van der Waals surface area contributed by atoms with Crippen molar-refractivity contribution in [3.8, 4) is 5.75 Å². The number of benzene rings is 2. The summed E-state index contributed by atoms with van der Waals surface area (Å²) in [5, 5.41) is 3.77. The van der Waals surface area contributed by atoms with Crippen molar-refractivity contribution in [3.05, 3.63) is 53.5 Å². The molecule has 0 radical (unpaired) electrons. The number of hydrogen-bond acceptors (Lipinski definition) is 4. The highest BCUT2D eigenvalue weighted by molar-refractivity contribution is 5.95. The van der Waals surface area contributed by atoms with Crippen molar-refractivity contribution in [1.29, 1.82) is 0 Å². The molecule has 1 aliphatic carbocycles. The molecule has 1 N–H and O–H groups in total. The van der Waals surface area contributed by atoms with Crippen LogP contribution in [0, 0.1) is 5.82 Å². The number of aryl methyl sites for hydroxylation is 2. The number of nitrogens with one attached hydrogen (secondary N) is 1. The van der Waals surface area contributed by atoms with Crippen LogP contribution in [-0.2, 0) is 17.6 Å². The number of ether oxygens (including phenoxy) is 1. The first-order valence-electron chi connectivity index (χ1n) is 10.7. The summed E-state index contributed by atoms with van der Waals surface area (Å²) in [6, 6.07) is 10.5. The molecule has 1 fully saturated rings. The van der Waals surface area contributed by atoms with E-state index < -0.39 is 5.82 Å². The van der Waals surface area contributed by atoms with Gasteiger partial charge in [-0.3, -0.25) is 4.79 Å². The molecule has 1 amide bonds. The summed E-state index contributed by atoms with van der Waals surface area (Å²) in [5.74, 6) is 0.870. The molecule has 0 bridgehead atoms. The van der Waals surface area contributed by atoms with E-state index in [4.69, 9.17) is 9.15 Å². The Kier molecular flexibility index (Phi) is 5.07. The largest absolute Gasteiger partial charge is 0.484 e. The van der Waals surface area contributed by atoms with Gasteiger partial charge in [0.1, 0.15) is 28.6 Å². The third kappa shape index (κ3) is 3.62. The third-order valence-corrected chi connectivity index (χ3v) is 6.00. The zero-order valence-corrected chi connectivity index (χ0v) is 16.9. The molecule has 1 saturated heterocycles. The van der Waals surface area contributed by atoms with Gasteiger partial charge < -0.3 is 19.4 Å². The fraction of sp³-hybridized carbons (Fsp3) is 0.375. The van der Waals surface area contributed by atoms with E-state index in [0.717, 1.165) is 74.0 Å². The minimum absolute atomic E-state index is 0.181. The topological polar surface area (TPSA) is 54.7 Å². The molecular weight excluding hydrogens is 383 g/mol. The molecule has 5 rings (SSSR count). The first-order valence-corrected chi connectivity index (χ1v) is 10.7. The van der Waals surface area contributed by atoms with Crippen LogP contribution in [0.5, 0.6) is 5.75 Å². The Labute approximate surface area is 174 Å². The smallest absolute Gasteiger partial charge is 0.262 e. The Bertz CT molecular complexity index is 1090. The zero-order valence-electron chi connectivity index (χ0n) is 16.9. The lowest BCUT2D eigenvalue weighted by atomic mass is 9.96. The number of rotatable bonds is 5. The standard InChI is InChI=1S/C24H25FN2O3/c25-19-7-5-8-20(27-12-3-4-13-27)24(19)26-23(28)15-29-16-10-11-22-18(14-16)17-6-1-2-9-21(17)30-22/h5,7-8,10-11,14H,1-4,6,9,12-13,15H2,(H,26,28). The maximum absolute atomic E-state index is 14.4. The first kappa shape index (κ1) is 19.0. The Morgan fingerprint density at radius 1 is 1.10 bits per heavy atom. The van der Waals surface area contributed by atoms with E-state index in [1.165, 1.54) is 11.6 Å². The van der Waals surface area contributed by atoms with Crippen LogP contribution >= 0.6 is 0 Å². The predicted octanol–water partition coefficient (Wildman–Crippen LogP) is 5.07. The summed E-state index contributed by atoms with van der Waals surface area (Å²) in [4.78, 5) is 14.6. The van der Waals surface area contributed by atoms with Crippen molar-refractivity contribution in [1.82, 2.24) is 0 Å². The van der Waals surface area contributed by atoms with E-state index in [9.17, 15) is 9.18 Å². The van der Waals surface area contributed by atoms with Gasteiger partial charge in [0, 0.05) is 30.5 Å². The summed E-state index contributed by atoms with van der Waals surface area (Å²) in [7, 11) is 0. The Morgan fingerprint density at radius 2 is 1.93 bits per heavy atom. The van der Waals surface area contributed by atoms with Gasteiger partial charge in [-0.1, -0.05) is 6.07 Å². The molecular formula is C24H25FN2O3. The second kappa shape index (κ2) is 8.01. The minimum Gasteiger partial charge on any atom is -0.484 e. The van der Waals surface area contributed by atoms with E-state index in [1.54, 1.807) is 6.07 Å². The molecule has 2 aliphatic rings.